The highest BCUT2D eigenvalue weighted by Crippen LogP contribution is 2.23. The van der Waals surface area contributed by atoms with Gasteiger partial charge in [0.2, 0.25) is 0 Å². The third-order valence-corrected chi connectivity index (χ3v) is 3.36. The van der Waals surface area contributed by atoms with Crippen molar-refractivity contribution >= 4 is 39.3 Å². The number of amides is 1. The van der Waals surface area contributed by atoms with Crippen LogP contribution in [0.5, 0.6) is 0 Å². The molecule has 0 bridgehead atoms. The Bertz CT molecular complexity index is 357. The molecule has 1 aromatic rings. The van der Waals surface area contributed by atoms with Crippen LogP contribution in [0.15, 0.2) is 22.7 Å². The molecule has 0 saturated heterocycles. The Balaban J connectivity index is 2.69. The molecule has 0 aliphatic rings. The van der Waals surface area contributed by atoms with Gasteiger partial charge in [-0.05, 0) is 34.3 Å². The highest BCUT2D eigenvalue weighted by Gasteiger charge is 2.10. The maximum absolute atomic E-state index is 11.7. The third-order valence-electron chi connectivity index (χ3n) is 1.86. The van der Waals surface area contributed by atoms with Gasteiger partial charge < -0.3 is 11.1 Å². The van der Waals surface area contributed by atoms with Crippen LogP contribution in [0.4, 0.5) is 5.69 Å². The summed E-state index contributed by atoms with van der Waals surface area (Å²) in [5, 5.41) is 2.82. The molecular formula is C10H13BrN2OS. The van der Waals surface area contributed by atoms with Gasteiger partial charge in [-0.2, -0.15) is 11.8 Å². The highest BCUT2D eigenvalue weighted by atomic mass is 79.9. The molecule has 15 heavy (non-hydrogen) atoms. The fourth-order valence-electron chi connectivity index (χ4n) is 1.09. The van der Waals surface area contributed by atoms with Crippen molar-refractivity contribution in [3.63, 3.8) is 0 Å². The lowest BCUT2D eigenvalue weighted by Crippen LogP contribution is -2.26. The van der Waals surface area contributed by atoms with Gasteiger partial charge in [-0.3, -0.25) is 4.79 Å². The van der Waals surface area contributed by atoms with Crippen molar-refractivity contribution in [2.45, 2.75) is 0 Å². The van der Waals surface area contributed by atoms with E-state index in [-0.39, 0.29) is 5.91 Å². The van der Waals surface area contributed by atoms with E-state index in [0.717, 1.165) is 5.75 Å². The lowest BCUT2D eigenvalue weighted by atomic mass is 10.2. The number of nitrogen functional groups attached to an aromatic ring is 1. The second-order valence-electron chi connectivity index (χ2n) is 2.96. The minimum Gasteiger partial charge on any atom is -0.398 e. The van der Waals surface area contributed by atoms with Crippen LogP contribution < -0.4 is 11.1 Å². The number of halogens is 1. The van der Waals surface area contributed by atoms with Crippen LogP contribution in [0.1, 0.15) is 10.4 Å². The van der Waals surface area contributed by atoms with Crippen LogP contribution in [0, 0.1) is 0 Å². The van der Waals surface area contributed by atoms with Crippen molar-refractivity contribution in [3.8, 4) is 0 Å². The van der Waals surface area contributed by atoms with Gasteiger partial charge in [0, 0.05) is 18.0 Å². The van der Waals surface area contributed by atoms with Gasteiger partial charge in [-0.1, -0.05) is 6.07 Å². The number of hydrogen-bond acceptors (Lipinski definition) is 3. The zero-order valence-corrected chi connectivity index (χ0v) is 10.8. The SMILES string of the molecule is CSCCNC(=O)c1cccc(N)c1Br. The van der Waals surface area contributed by atoms with Gasteiger partial charge in [0.15, 0.2) is 0 Å². The molecule has 1 rings (SSSR count). The van der Waals surface area contributed by atoms with Crippen LogP contribution >= 0.6 is 27.7 Å². The molecule has 0 heterocycles. The second kappa shape index (κ2) is 6.02. The van der Waals surface area contributed by atoms with E-state index in [2.05, 4.69) is 21.2 Å². The molecular weight excluding hydrogens is 276 g/mol. The molecule has 1 amide bonds. The van der Waals surface area contributed by atoms with Crippen molar-refractivity contribution in [1.82, 2.24) is 5.32 Å². The number of benzene rings is 1. The lowest BCUT2D eigenvalue weighted by molar-refractivity contribution is 0.0955. The number of rotatable bonds is 4. The summed E-state index contributed by atoms with van der Waals surface area (Å²) in [6.45, 7) is 0.668. The van der Waals surface area contributed by atoms with Crippen molar-refractivity contribution < 1.29 is 4.79 Å². The maximum Gasteiger partial charge on any atom is 0.252 e. The van der Waals surface area contributed by atoms with Crippen LogP contribution in [-0.2, 0) is 0 Å². The van der Waals surface area contributed by atoms with Gasteiger partial charge in [0.1, 0.15) is 0 Å². The first-order valence-corrected chi connectivity index (χ1v) is 6.66. The van der Waals surface area contributed by atoms with E-state index < -0.39 is 0 Å². The minimum absolute atomic E-state index is 0.0942. The number of carbonyl (C=O) groups excluding carboxylic acids is 1. The molecule has 3 nitrogen and oxygen atoms in total. The summed E-state index contributed by atoms with van der Waals surface area (Å²) in [6, 6.07) is 5.27. The summed E-state index contributed by atoms with van der Waals surface area (Å²) in [6.07, 6.45) is 2.00. The number of anilines is 1. The molecule has 5 heteroatoms. The number of nitrogens with one attached hydrogen (secondary N) is 1. The van der Waals surface area contributed by atoms with Crippen LogP contribution in [0.3, 0.4) is 0 Å². The quantitative estimate of drug-likeness (QED) is 0.659. The molecule has 0 radical (unpaired) electrons. The molecule has 0 atom stereocenters. The Labute approximate surface area is 102 Å². The molecule has 0 saturated carbocycles. The van der Waals surface area contributed by atoms with Crippen molar-refractivity contribution in [2.75, 3.05) is 24.3 Å². The highest BCUT2D eigenvalue weighted by molar-refractivity contribution is 9.10. The number of nitrogens with two attached hydrogens (primary N) is 1. The largest absolute Gasteiger partial charge is 0.398 e. The van der Waals surface area contributed by atoms with Crippen molar-refractivity contribution in [3.05, 3.63) is 28.2 Å². The Morgan fingerprint density at radius 3 is 3.00 bits per heavy atom. The topological polar surface area (TPSA) is 55.1 Å². The van der Waals surface area contributed by atoms with Crippen molar-refractivity contribution in [2.24, 2.45) is 0 Å². The normalized spacial score (nSPS) is 10.0. The Kier molecular flexibility index (Phi) is 4.98. The monoisotopic (exact) mass is 288 g/mol. The Morgan fingerprint density at radius 1 is 1.60 bits per heavy atom. The van der Waals surface area contributed by atoms with E-state index in [0.29, 0.717) is 22.3 Å². The first-order valence-electron chi connectivity index (χ1n) is 4.48. The number of carbonyl (C=O) groups is 1. The van der Waals surface area contributed by atoms with Crippen LogP contribution in [0.25, 0.3) is 0 Å². The number of thioether (sulfide) groups is 1. The zero-order valence-electron chi connectivity index (χ0n) is 8.42. The summed E-state index contributed by atoms with van der Waals surface area (Å²) in [7, 11) is 0. The molecule has 0 spiro atoms. The van der Waals surface area contributed by atoms with E-state index in [4.69, 9.17) is 5.73 Å². The molecule has 3 N–H and O–H groups in total. The van der Waals surface area contributed by atoms with Gasteiger partial charge in [-0.15, -0.1) is 0 Å². The molecule has 0 aliphatic heterocycles. The van der Waals surface area contributed by atoms with Crippen LogP contribution in [-0.4, -0.2) is 24.5 Å². The second-order valence-corrected chi connectivity index (χ2v) is 4.74. The fraction of sp³-hybridized carbons (Fsp3) is 0.300. The molecule has 1 aromatic carbocycles. The van der Waals surface area contributed by atoms with E-state index in [9.17, 15) is 4.79 Å². The van der Waals surface area contributed by atoms with E-state index in [1.165, 1.54) is 0 Å². The fourth-order valence-corrected chi connectivity index (χ4v) is 1.84. The summed E-state index contributed by atoms with van der Waals surface area (Å²) < 4.78 is 0.659. The smallest absolute Gasteiger partial charge is 0.252 e. The first kappa shape index (κ1) is 12.4. The summed E-state index contributed by atoms with van der Waals surface area (Å²) in [4.78, 5) is 11.7. The maximum atomic E-state index is 11.7. The average molecular weight is 289 g/mol. The summed E-state index contributed by atoms with van der Waals surface area (Å²) in [5.74, 6) is 0.814. The van der Waals surface area contributed by atoms with E-state index in [1.807, 2.05) is 6.26 Å². The van der Waals surface area contributed by atoms with E-state index in [1.54, 1.807) is 30.0 Å². The van der Waals surface area contributed by atoms with Crippen LogP contribution in [0.2, 0.25) is 0 Å². The third kappa shape index (κ3) is 3.43. The Hall–Kier alpha value is -0.680. The predicted molar refractivity (Wildman–Crippen MR) is 69.3 cm³/mol. The van der Waals surface area contributed by atoms with Gasteiger partial charge in [0.25, 0.3) is 5.91 Å². The average Bonchev–Trinajstić information content (AvgIpc) is 2.22. The zero-order chi connectivity index (χ0) is 11.3. The molecule has 0 aliphatic carbocycles. The molecule has 0 unspecified atom stereocenters. The van der Waals surface area contributed by atoms with Gasteiger partial charge in [-0.25, -0.2) is 0 Å². The summed E-state index contributed by atoms with van der Waals surface area (Å²) in [5.41, 5.74) is 6.84. The minimum atomic E-state index is -0.0942. The van der Waals surface area contributed by atoms with E-state index >= 15 is 0 Å². The predicted octanol–water partition coefficient (Wildman–Crippen LogP) is 2.12. The van der Waals surface area contributed by atoms with Gasteiger partial charge >= 0.3 is 0 Å². The number of hydrogen-bond donors (Lipinski definition) is 2. The first-order chi connectivity index (χ1) is 7.16. The Morgan fingerprint density at radius 2 is 2.33 bits per heavy atom. The van der Waals surface area contributed by atoms with Crippen molar-refractivity contribution in [1.29, 1.82) is 0 Å². The molecule has 0 fully saturated rings. The lowest BCUT2D eigenvalue weighted by Gasteiger charge is -2.07. The molecule has 0 aromatic heterocycles. The standard InChI is InChI=1S/C10H13BrN2OS/c1-15-6-5-13-10(14)7-3-2-4-8(12)9(7)11/h2-4H,5-6,12H2,1H3,(H,13,14). The van der Waals surface area contributed by atoms with Gasteiger partial charge in [0.05, 0.1) is 10.0 Å². The summed E-state index contributed by atoms with van der Waals surface area (Å²) >= 11 is 4.99. The molecule has 82 valence electrons.